The number of fused-ring (bicyclic) bond motifs is 2. The Balaban J connectivity index is 1.14. The lowest BCUT2D eigenvalue weighted by molar-refractivity contribution is -0.155. The van der Waals surface area contributed by atoms with Crippen molar-refractivity contribution in [2.24, 2.45) is 5.92 Å². The highest BCUT2D eigenvalue weighted by molar-refractivity contribution is 6.71. The van der Waals surface area contributed by atoms with Crippen molar-refractivity contribution in [2.75, 3.05) is 21.3 Å². The number of esters is 2. The Morgan fingerprint density at radius 3 is 2.17 bits per heavy atom. The van der Waals surface area contributed by atoms with Gasteiger partial charge in [0.15, 0.2) is 26.4 Å². The van der Waals surface area contributed by atoms with Crippen molar-refractivity contribution < 1.29 is 48.1 Å². The molecule has 3 amide bonds. The maximum Gasteiger partial charge on any atom is 0.304 e. The smallest absolute Gasteiger partial charge is 0.304 e. The molecule has 1 spiro atoms. The highest BCUT2D eigenvalue weighted by atomic mass is 28.4. The maximum absolute atomic E-state index is 15.3. The third-order valence-electron chi connectivity index (χ3n) is 12.1. The zero-order chi connectivity index (χ0) is 42.7. The van der Waals surface area contributed by atoms with Gasteiger partial charge >= 0.3 is 11.9 Å². The Kier molecular flexibility index (Phi) is 10.7. The third kappa shape index (κ3) is 7.18. The van der Waals surface area contributed by atoms with E-state index >= 15 is 4.79 Å². The largest absolute Gasteiger partial charge is 0.441 e. The van der Waals surface area contributed by atoms with Crippen molar-refractivity contribution in [3.63, 3.8) is 0 Å². The minimum atomic E-state index is -3.08. The van der Waals surface area contributed by atoms with Crippen LogP contribution in [0.1, 0.15) is 68.3 Å². The lowest BCUT2D eigenvalue weighted by Gasteiger charge is -2.39. The molecular weight excluding hydrogens is 789 g/mol. The Labute approximate surface area is 347 Å². The molecule has 7 atom stereocenters. The van der Waals surface area contributed by atoms with Crippen molar-refractivity contribution in [3.05, 3.63) is 101 Å². The van der Waals surface area contributed by atoms with Gasteiger partial charge in [-0.05, 0) is 61.0 Å². The van der Waals surface area contributed by atoms with E-state index in [1.54, 1.807) is 52.2 Å². The van der Waals surface area contributed by atoms with E-state index in [4.69, 9.17) is 14.2 Å². The predicted molar refractivity (Wildman–Crippen MR) is 219 cm³/mol. The van der Waals surface area contributed by atoms with E-state index in [1.165, 1.54) is 23.6 Å². The van der Waals surface area contributed by atoms with Crippen molar-refractivity contribution >= 4 is 55.0 Å². The average Bonchev–Trinajstić information content (AvgIpc) is 3.84. The van der Waals surface area contributed by atoms with Crippen LogP contribution in [0, 0.1) is 5.92 Å². The first-order valence-corrected chi connectivity index (χ1v) is 23.1. The molecule has 4 aromatic rings. The molecular formula is C43H48N6O10Si. The van der Waals surface area contributed by atoms with E-state index in [2.05, 4.69) is 10.3 Å². The molecule has 0 radical (unpaired) electrons. The summed E-state index contributed by atoms with van der Waals surface area (Å²) in [5.41, 5.74) is 2.22. The molecule has 17 heteroatoms. The standard InChI is InChI=1S/C43H48N6O10Si/c1-25-41(60(4,5)56)36(16-17-46-23-34(44-45-46)32(24-50)29-11-7-6-8-12-29)59-43(25)33-19-31(49-38(54)21-40(49)58-27(3)52)14-15-35(33)47(42(43)55)22-28-10-9-13-30(18-28)48-37(53)20-39(48)57-26(2)51/h6-15,18-19,23,25,32,36,39-41,50,56H,16-17,20-22,24H2,1-5H3/t25-,32?,36+,39?,40?,41-,43+/m0/s1. The minimum absolute atomic E-state index is 0.0246. The summed E-state index contributed by atoms with van der Waals surface area (Å²) in [6.45, 7) is 8.45. The summed E-state index contributed by atoms with van der Waals surface area (Å²) in [5.74, 6) is -2.72. The molecule has 3 saturated heterocycles. The summed E-state index contributed by atoms with van der Waals surface area (Å²) in [5, 5.41) is 19.0. The molecule has 16 nitrogen and oxygen atoms in total. The topological polar surface area (TPSA) is 194 Å². The van der Waals surface area contributed by atoms with Crippen LogP contribution in [0.4, 0.5) is 17.1 Å². The lowest BCUT2D eigenvalue weighted by atomic mass is 9.82. The molecule has 3 unspecified atom stereocenters. The quantitative estimate of drug-likeness (QED) is 0.112. The molecule has 1 aromatic heterocycles. The number of aliphatic hydroxyl groups is 1. The number of aryl methyl sites for hydroxylation is 1. The number of ether oxygens (including phenoxy) is 3. The van der Waals surface area contributed by atoms with Gasteiger partial charge in [0.05, 0.1) is 49.4 Å². The van der Waals surface area contributed by atoms with Gasteiger partial charge in [-0.2, -0.15) is 0 Å². The molecule has 5 heterocycles. The monoisotopic (exact) mass is 836 g/mol. The number of aliphatic hydroxyl groups excluding tert-OH is 1. The molecule has 314 valence electrons. The van der Waals surface area contributed by atoms with Crippen LogP contribution in [-0.4, -0.2) is 88.0 Å². The number of carbonyl (C=O) groups is 5. The number of benzene rings is 3. The van der Waals surface area contributed by atoms with E-state index in [0.717, 1.165) is 5.56 Å². The number of anilines is 3. The minimum Gasteiger partial charge on any atom is -0.441 e. The predicted octanol–water partition coefficient (Wildman–Crippen LogP) is 4.09. The number of β-lactam (4-membered cyclic amide) rings is 2. The fourth-order valence-electron chi connectivity index (χ4n) is 9.49. The number of carbonyl (C=O) groups excluding carboxylic acids is 5. The fraction of sp³-hybridized carbons (Fsp3) is 0.419. The Bertz CT molecular complexity index is 2350. The normalized spacial score (nSPS) is 25.3. The van der Waals surface area contributed by atoms with Gasteiger partial charge in [-0.25, -0.2) is 0 Å². The maximum atomic E-state index is 15.3. The molecule has 0 bridgehead atoms. The van der Waals surface area contributed by atoms with Gasteiger partial charge in [0.2, 0.25) is 11.8 Å². The van der Waals surface area contributed by atoms with E-state index < -0.39 is 55.9 Å². The van der Waals surface area contributed by atoms with Crippen molar-refractivity contribution in [3.8, 4) is 0 Å². The number of hydrogen-bond donors (Lipinski definition) is 2. The molecule has 3 fully saturated rings. The van der Waals surface area contributed by atoms with Crippen molar-refractivity contribution in [2.45, 2.75) is 102 Å². The Morgan fingerprint density at radius 2 is 1.57 bits per heavy atom. The number of amides is 3. The molecule has 0 saturated carbocycles. The molecule has 4 aliphatic heterocycles. The van der Waals surface area contributed by atoms with Gasteiger partial charge in [0.25, 0.3) is 5.91 Å². The van der Waals surface area contributed by atoms with Crippen LogP contribution in [0.5, 0.6) is 0 Å². The van der Waals surface area contributed by atoms with Gasteiger partial charge in [0.1, 0.15) is 0 Å². The number of nitrogens with zero attached hydrogens (tertiary/aromatic N) is 6. The number of hydrogen-bond acceptors (Lipinski definition) is 12. The molecule has 2 N–H and O–H groups in total. The molecule has 4 aliphatic rings. The van der Waals surface area contributed by atoms with Crippen LogP contribution < -0.4 is 14.7 Å². The number of rotatable bonds is 13. The second-order valence-electron chi connectivity index (χ2n) is 16.5. The first-order chi connectivity index (χ1) is 28.6. The fourth-order valence-corrected chi connectivity index (χ4v) is 12.1. The summed E-state index contributed by atoms with van der Waals surface area (Å²) < 4.78 is 19.5. The van der Waals surface area contributed by atoms with Crippen LogP contribution in [-0.2, 0) is 56.9 Å². The lowest BCUT2D eigenvalue weighted by Crippen LogP contribution is -2.55. The zero-order valence-electron chi connectivity index (χ0n) is 34.1. The summed E-state index contributed by atoms with van der Waals surface area (Å²) in [6.07, 6.45) is 0.147. The van der Waals surface area contributed by atoms with E-state index in [0.29, 0.717) is 46.8 Å². The summed E-state index contributed by atoms with van der Waals surface area (Å²) >= 11 is 0. The SMILES string of the molecule is CC(=O)OC1CC(=O)N1c1cccc(CN2C(=O)[C@]3(O[C@H](CCn4cc(C(CO)c5ccccc5)nn4)[C@@H]([Si](C)(C)O)[C@@H]3C)c3cc(N4C(=O)CC4OC(C)=O)ccc32)c1. The van der Waals surface area contributed by atoms with Gasteiger partial charge in [-0.3, -0.25) is 38.5 Å². The van der Waals surface area contributed by atoms with E-state index in [-0.39, 0.29) is 49.6 Å². The van der Waals surface area contributed by atoms with Crippen LogP contribution in [0.15, 0.2) is 79.0 Å². The summed E-state index contributed by atoms with van der Waals surface area (Å²) in [7, 11) is -3.08. The molecule has 8 rings (SSSR count). The average molecular weight is 837 g/mol. The summed E-state index contributed by atoms with van der Waals surface area (Å²) in [4.78, 5) is 81.0. The highest BCUT2D eigenvalue weighted by Gasteiger charge is 2.66. The first kappa shape index (κ1) is 41.0. The summed E-state index contributed by atoms with van der Waals surface area (Å²) in [6, 6.07) is 21.9. The van der Waals surface area contributed by atoms with Gasteiger partial charge in [-0.1, -0.05) is 54.6 Å². The van der Waals surface area contributed by atoms with Gasteiger partial charge < -0.3 is 29.0 Å². The van der Waals surface area contributed by atoms with Gasteiger partial charge in [0, 0.05) is 55.0 Å². The second kappa shape index (κ2) is 15.7. The third-order valence-corrected chi connectivity index (χ3v) is 14.6. The van der Waals surface area contributed by atoms with Gasteiger partial charge in [-0.15, -0.1) is 5.10 Å². The molecule has 60 heavy (non-hydrogen) atoms. The van der Waals surface area contributed by atoms with E-state index in [9.17, 15) is 29.1 Å². The highest BCUT2D eigenvalue weighted by Crippen LogP contribution is 2.60. The van der Waals surface area contributed by atoms with Crippen molar-refractivity contribution in [1.82, 2.24) is 15.0 Å². The molecule has 3 aromatic carbocycles. The van der Waals surface area contributed by atoms with Crippen LogP contribution in [0.2, 0.25) is 18.6 Å². The first-order valence-electron chi connectivity index (χ1n) is 20.1. The van der Waals surface area contributed by atoms with E-state index in [1.807, 2.05) is 56.4 Å². The molecule has 0 aliphatic carbocycles. The Hall–Kier alpha value is -5.75. The van der Waals surface area contributed by atoms with Crippen molar-refractivity contribution in [1.29, 1.82) is 0 Å². The van der Waals surface area contributed by atoms with Crippen LogP contribution >= 0.6 is 0 Å². The van der Waals surface area contributed by atoms with Crippen LogP contribution in [0.3, 0.4) is 0 Å². The second-order valence-corrected chi connectivity index (χ2v) is 20.5. The number of aromatic nitrogens is 3. The Morgan fingerprint density at radius 1 is 0.917 bits per heavy atom. The zero-order valence-corrected chi connectivity index (χ0v) is 35.1. The van der Waals surface area contributed by atoms with Crippen LogP contribution in [0.25, 0.3) is 0 Å².